The molecule has 0 spiro atoms. The molecule has 1 aliphatic carbocycles. The van der Waals surface area contributed by atoms with Crippen LogP contribution >= 0.6 is 24.8 Å². The summed E-state index contributed by atoms with van der Waals surface area (Å²) in [6.45, 7) is 4.04. The largest absolute Gasteiger partial charge is 0.352 e. The number of nitrogens with two attached hydrogens (primary N) is 1. The number of amides is 2. The van der Waals surface area contributed by atoms with Crippen molar-refractivity contribution in [2.45, 2.75) is 51.0 Å². The molecule has 1 saturated heterocycles. The summed E-state index contributed by atoms with van der Waals surface area (Å²) in [6.07, 6.45) is 7.29. The van der Waals surface area contributed by atoms with E-state index in [9.17, 15) is 9.59 Å². The van der Waals surface area contributed by atoms with E-state index in [1.54, 1.807) is 0 Å². The monoisotopic (exact) mass is 382 g/mol. The summed E-state index contributed by atoms with van der Waals surface area (Å²) in [6, 6.07) is 0.375. The summed E-state index contributed by atoms with van der Waals surface area (Å²) >= 11 is 0. The average Bonchev–Trinajstić information content (AvgIpc) is 2.54. The van der Waals surface area contributed by atoms with Crippen molar-refractivity contribution in [3.63, 3.8) is 0 Å². The lowest BCUT2D eigenvalue weighted by Gasteiger charge is -2.34. The van der Waals surface area contributed by atoms with E-state index in [-0.39, 0.29) is 36.6 Å². The van der Waals surface area contributed by atoms with Gasteiger partial charge in [-0.25, -0.2) is 0 Å². The van der Waals surface area contributed by atoms with Crippen molar-refractivity contribution in [3.05, 3.63) is 0 Å². The third kappa shape index (κ3) is 8.01. The molecule has 0 aromatic carbocycles. The van der Waals surface area contributed by atoms with Crippen molar-refractivity contribution in [1.82, 2.24) is 15.1 Å². The van der Waals surface area contributed by atoms with Gasteiger partial charge in [0, 0.05) is 38.6 Å². The van der Waals surface area contributed by atoms with Crippen LogP contribution in [0.15, 0.2) is 0 Å². The van der Waals surface area contributed by atoms with Crippen LogP contribution in [0.1, 0.15) is 44.9 Å². The predicted molar refractivity (Wildman–Crippen MR) is 101 cm³/mol. The number of piperazine rings is 1. The standard InChI is InChI=1S/C16H30N4O2.2ClH/c17-8-4-7-16(22)20-11-9-19(10-12-20)13-15(21)18-14-5-2-1-3-6-14;;/h14H,1-13,17H2,(H,18,21);2*1H. The Morgan fingerprint density at radius 3 is 2.21 bits per heavy atom. The molecule has 6 nitrogen and oxygen atoms in total. The van der Waals surface area contributed by atoms with Crippen molar-refractivity contribution in [3.8, 4) is 0 Å². The number of hydrogen-bond donors (Lipinski definition) is 2. The normalized spacial score (nSPS) is 19.1. The Morgan fingerprint density at radius 1 is 1.00 bits per heavy atom. The van der Waals surface area contributed by atoms with Gasteiger partial charge in [0.25, 0.3) is 0 Å². The van der Waals surface area contributed by atoms with Gasteiger partial charge >= 0.3 is 0 Å². The van der Waals surface area contributed by atoms with E-state index in [4.69, 9.17) is 5.73 Å². The molecule has 2 amide bonds. The molecule has 2 aliphatic rings. The van der Waals surface area contributed by atoms with Gasteiger partial charge in [-0.3, -0.25) is 14.5 Å². The topological polar surface area (TPSA) is 78.7 Å². The molecule has 2 rings (SSSR count). The highest BCUT2D eigenvalue weighted by molar-refractivity contribution is 5.85. The van der Waals surface area contributed by atoms with Crippen LogP contribution in [0.3, 0.4) is 0 Å². The van der Waals surface area contributed by atoms with Crippen molar-refractivity contribution in [1.29, 1.82) is 0 Å². The number of carbonyl (C=O) groups excluding carboxylic acids is 2. The maximum Gasteiger partial charge on any atom is 0.234 e. The Balaban J connectivity index is 0.00000264. The van der Waals surface area contributed by atoms with Gasteiger partial charge < -0.3 is 16.0 Å². The molecule has 0 aromatic rings. The van der Waals surface area contributed by atoms with Gasteiger partial charge in [0.15, 0.2) is 0 Å². The SMILES string of the molecule is Cl.Cl.NCCCC(=O)N1CCN(CC(=O)NC2CCCCC2)CC1. The number of hydrogen-bond acceptors (Lipinski definition) is 4. The first-order chi connectivity index (χ1) is 10.7. The van der Waals surface area contributed by atoms with Gasteiger partial charge in [0.2, 0.25) is 11.8 Å². The maximum atomic E-state index is 12.1. The molecule has 0 aromatic heterocycles. The Kier molecular flexibility index (Phi) is 12.5. The molecule has 8 heteroatoms. The lowest BCUT2D eigenvalue weighted by Crippen LogP contribution is -2.52. The zero-order valence-electron chi connectivity index (χ0n) is 14.4. The van der Waals surface area contributed by atoms with Gasteiger partial charge in [0.1, 0.15) is 0 Å². The van der Waals surface area contributed by atoms with Crippen LogP contribution in [-0.2, 0) is 9.59 Å². The fraction of sp³-hybridized carbons (Fsp3) is 0.875. The van der Waals surface area contributed by atoms with Crippen LogP contribution in [0.4, 0.5) is 0 Å². The summed E-state index contributed by atoms with van der Waals surface area (Å²) in [4.78, 5) is 28.0. The van der Waals surface area contributed by atoms with E-state index in [0.717, 1.165) is 45.4 Å². The van der Waals surface area contributed by atoms with Gasteiger partial charge in [-0.1, -0.05) is 19.3 Å². The zero-order valence-corrected chi connectivity index (χ0v) is 16.0. The zero-order chi connectivity index (χ0) is 15.8. The Bertz CT molecular complexity index is 371. The number of halogens is 2. The molecule has 2 fully saturated rings. The summed E-state index contributed by atoms with van der Waals surface area (Å²) in [5, 5.41) is 3.15. The van der Waals surface area contributed by atoms with E-state index in [2.05, 4.69) is 10.2 Å². The quantitative estimate of drug-likeness (QED) is 0.722. The number of carbonyl (C=O) groups is 2. The highest BCUT2D eigenvalue weighted by Gasteiger charge is 2.23. The molecule has 0 radical (unpaired) electrons. The Labute approximate surface area is 157 Å². The summed E-state index contributed by atoms with van der Waals surface area (Å²) < 4.78 is 0. The number of nitrogens with zero attached hydrogens (tertiary/aromatic N) is 2. The lowest BCUT2D eigenvalue weighted by molar-refractivity contribution is -0.133. The average molecular weight is 383 g/mol. The summed E-state index contributed by atoms with van der Waals surface area (Å²) in [5.74, 6) is 0.326. The Hall–Kier alpha value is -0.560. The second kappa shape index (κ2) is 12.8. The molecule has 3 N–H and O–H groups in total. The highest BCUT2D eigenvalue weighted by Crippen LogP contribution is 2.17. The first kappa shape index (κ1) is 23.4. The molecule has 1 heterocycles. The molecule has 1 saturated carbocycles. The van der Waals surface area contributed by atoms with E-state index in [1.165, 1.54) is 19.3 Å². The molecule has 24 heavy (non-hydrogen) atoms. The van der Waals surface area contributed by atoms with Crippen LogP contribution in [0.5, 0.6) is 0 Å². The van der Waals surface area contributed by atoms with E-state index < -0.39 is 0 Å². The fourth-order valence-corrected chi connectivity index (χ4v) is 3.29. The molecule has 142 valence electrons. The highest BCUT2D eigenvalue weighted by atomic mass is 35.5. The number of nitrogens with one attached hydrogen (secondary N) is 1. The fourth-order valence-electron chi connectivity index (χ4n) is 3.29. The van der Waals surface area contributed by atoms with Crippen LogP contribution in [0.2, 0.25) is 0 Å². The minimum atomic E-state index is 0. The first-order valence-electron chi connectivity index (χ1n) is 8.68. The van der Waals surface area contributed by atoms with Crippen molar-refractivity contribution in [2.24, 2.45) is 5.73 Å². The van der Waals surface area contributed by atoms with E-state index in [0.29, 0.717) is 25.6 Å². The van der Waals surface area contributed by atoms with Crippen LogP contribution in [0.25, 0.3) is 0 Å². The predicted octanol–water partition coefficient (Wildman–Crippen LogP) is 1.16. The van der Waals surface area contributed by atoms with Crippen molar-refractivity contribution < 1.29 is 9.59 Å². The Morgan fingerprint density at radius 2 is 1.62 bits per heavy atom. The third-order valence-electron chi connectivity index (χ3n) is 4.66. The van der Waals surface area contributed by atoms with Crippen molar-refractivity contribution in [2.75, 3.05) is 39.3 Å². The van der Waals surface area contributed by atoms with Gasteiger partial charge in [-0.05, 0) is 25.8 Å². The van der Waals surface area contributed by atoms with Gasteiger partial charge in [-0.2, -0.15) is 0 Å². The molecule has 0 bridgehead atoms. The molecule has 0 unspecified atom stereocenters. The van der Waals surface area contributed by atoms with E-state index >= 15 is 0 Å². The van der Waals surface area contributed by atoms with Crippen molar-refractivity contribution >= 4 is 36.6 Å². The minimum absolute atomic E-state index is 0. The van der Waals surface area contributed by atoms with Crippen LogP contribution < -0.4 is 11.1 Å². The molecular weight excluding hydrogens is 351 g/mol. The molecular formula is C16H32Cl2N4O2. The second-order valence-electron chi connectivity index (χ2n) is 6.45. The van der Waals surface area contributed by atoms with Crippen LogP contribution in [0, 0.1) is 0 Å². The van der Waals surface area contributed by atoms with Crippen LogP contribution in [-0.4, -0.2) is 66.9 Å². The summed E-state index contributed by atoms with van der Waals surface area (Å²) in [5.41, 5.74) is 5.44. The van der Waals surface area contributed by atoms with Gasteiger partial charge in [0.05, 0.1) is 6.54 Å². The maximum absolute atomic E-state index is 12.1. The molecule has 1 aliphatic heterocycles. The summed E-state index contributed by atoms with van der Waals surface area (Å²) in [7, 11) is 0. The minimum Gasteiger partial charge on any atom is -0.352 e. The molecule has 0 atom stereocenters. The smallest absolute Gasteiger partial charge is 0.234 e. The lowest BCUT2D eigenvalue weighted by atomic mass is 9.95. The number of rotatable bonds is 6. The second-order valence-corrected chi connectivity index (χ2v) is 6.45. The third-order valence-corrected chi connectivity index (χ3v) is 4.66. The van der Waals surface area contributed by atoms with Gasteiger partial charge in [-0.15, -0.1) is 24.8 Å². The van der Waals surface area contributed by atoms with E-state index in [1.807, 2.05) is 4.90 Å². The first-order valence-corrected chi connectivity index (χ1v) is 8.68.